The average molecular weight is 535 g/mol. The third-order valence-electron chi connectivity index (χ3n) is 5.55. The van der Waals surface area contributed by atoms with Crippen LogP contribution >= 0.6 is 0 Å². The second kappa shape index (κ2) is 15.2. The zero-order valence-corrected chi connectivity index (χ0v) is 24.0. The molecule has 1 N–H and O–H groups in total. The van der Waals surface area contributed by atoms with Crippen LogP contribution in [0.3, 0.4) is 0 Å². The molecule has 1 aromatic carbocycles. The molecule has 0 unspecified atom stereocenters. The van der Waals surface area contributed by atoms with E-state index in [1.807, 2.05) is 74.4 Å². The van der Waals surface area contributed by atoms with Gasteiger partial charge in [-0.2, -0.15) is 0 Å². The summed E-state index contributed by atoms with van der Waals surface area (Å²) in [6.07, 6.45) is 0. The first-order valence-corrected chi connectivity index (χ1v) is 13.4. The Hall–Kier alpha value is -2.53. The molecule has 0 radical (unpaired) electrons. The summed E-state index contributed by atoms with van der Waals surface area (Å²) in [7, 11) is 0. The number of para-hydroxylation sites is 1. The fraction of sp³-hybridized carbons (Fsp3) is 0.679. The van der Waals surface area contributed by atoms with Gasteiger partial charge in [0, 0.05) is 52.4 Å². The molecular weight excluding hydrogens is 488 g/mol. The molecule has 214 valence electrons. The molecule has 10 nitrogen and oxygen atoms in total. The van der Waals surface area contributed by atoms with Gasteiger partial charge in [0.2, 0.25) is 0 Å². The van der Waals surface area contributed by atoms with Crippen molar-refractivity contribution in [2.45, 2.75) is 52.7 Å². The van der Waals surface area contributed by atoms with E-state index in [1.165, 1.54) is 0 Å². The molecule has 1 aromatic rings. The number of nitrogens with one attached hydrogen (secondary N) is 1. The smallest absolute Gasteiger partial charge is 0.325 e. The van der Waals surface area contributed by atoms with Gasteiger partial charge in [-0.05, 0) is 53.7 Å². The molecule has 10 heteroatoms. The van der Waals surface area contributed by atoms with E-state index in [0.717, 1.165) is 0 Å². The van der Waals surface area contributed by atoms with Crippen molar-refractivity contribution in [3.05, 3.63) is 30.3 Å². The van der Waals surface area contributed by atoms with Crippen LogP contribution in [0.5, 0.6) is 5.75 Å². The molecule has 0 amide bonds. The molecule has 0 bridgehead atoms. The highest BCUT2D eigenvalue weighted by atomic mass is 16.6. The molecule has 2 rings (SSSR count). The maximum Gasteiger partial charge on any atom is 0.325 e. The maximum absolute atomic E-state index is 12.7. The van der Waals surface area contributed by atoms with Crippen molar-refractivity contribution >= 4 is 17.9 Å². The van der Waals surface area contributed by atoms with Gasteiger partial charge in [-0.3, -0.25) is 29.1 Å². The number of hydrogen-bond acceptors (Lipinski definition) is 10. The number of esters is 3. The highest BCUT2D eigenvalue weighted by Gasteiger charge is 2.23. The van der Waals surface area contributed by atoms with Crippen molar-refractivity contribution in [2.24, 2.45) is 0 Å². The monoisotopic (exact) mass is 534 g/mol. The van der Waals surface area contributed by atoms with E-state index >= 15 is 0 Å². The minimum atomic E-state index is -0.549. The number of nitrogens with zero attached hydrogens (tertiary/aromatic N) is 3. The summed E-state index contributed by atoms with van der Waals surface area (Å²) in [6.45, 7) is 16.5. The van der Waals surface area contributed by atoms with E-state index in [9.17, 15) is 14.4 Å². The minimum absolute atomic E-state index is 0.0910. The van der Waals surface area contributed by atoms with Crippen molar-refractivity contribution in [3.63, 3.8) is 0 Å². The zero-order chi connectivity index (χ0) is 28.2. The van der Waals surface area contributed by atoms with Gasteiger partial charge >= 0.3 is 17.9 Å². The largest absolute Gasteiger partial charge is 0.459 e. The normalized spacial score (nSPS) is 17.6. The minimum Gasteiger partial charge on any atom is -0.459 e. The van der Waals surface area contributed by atoms with E-state index in [4.69, 9.17) is 14.2 Å². The lowest BCUT2D eigenvalue weighted by Crippen LogP contribution is -2.48. The lowest BCUT2D eigenvalue weighted by Gasteiger charge is -2.31. The standard InChI is InChI=1S/C28H46N4O6/c1-27(2,3)37-25(34)21-30-14-12-29-13-15-31(22-26(35)38-28(4,5)6)17-19-32(18-16-30)20-24(33)36-23-10-8-7-9-11-23/h7-11,29H,12-22H2,1-6H3. The first-order valence-electron chi connectivity index (χ1n) is 13.4. The topological polar surface area (TPSA) is 101 Å². The Bertz CT molecular complexity index is 838. The van der Waals surface area contributed by atoms with Gasteiger partial charge in [-0.1, -0.05) is 18.2 Å². The van der Waals surface area contributed by atoms with Gasteiger partial charge in [0.1, 0.15) is 17.0 Å². The lowest BCUT2D eigenvalue weighted by atomic mass is 10.2. The number of rotatable bonds is 7. The Morgan fingerprint density at radius 3 is 1.47 bits per heavy atom. The molecule has 0 saturated carbocycles. The van der Waals surface area contributed by atoms with Crippen LogP contribution in [0.4, 0.5) is 0 Å². The molecule has 0 spiro atoms. The molecule has 1 fully saturated rings. The third kappa shape index (κ3) is 14.4. The molecule has 1 aliphatic heterocycles. The van der Waals surface area contributed by atoms with Crippen molar-refractivity contribution in [3.8, 4) is 5.75 Å². The Labute approximate surface area is 227 Å². The van der Waals surface area contributed by atoms with Gasteiger partial charge in [0.05, 0.1) is 19.6 Å². The summed E-state index contributed by atoms with van der Waals surface area (Å²) in [5, 5.41) is 3.40. The molecule has 0 atom stereocenters. The highest BCUT2D eigenvalue weighted by molar-refractivity contribution is 5.74. The first kappa shape index (κ1) is 31.7. The Morgan fingerprint density at radius 1 is 0.658 bits per heavy atom. The summed E-state index contributed by atoms with van der Waals surface area (Å²) in [4.78, 5) is 43.8. The number of carbonyl (C=O) groups is 3. The van der Waals surface area contributed by atoms with Crippen LogP contribution in [0, 0.1) is 0 Å². The summed E-state index contributed by atoms with van der Waals surface area (Å²) in [5.74, 6) is -0.412. The number of benzene rings is 1. The van der Waals surface area contributed by atoms with Crippen molar-refractivity contribution < 1.29 is 28.6 Å². The van der Waals surface area contributed by atoms with Crippen LogP contribution in [0.2, 0.25) is 0 Å². The molecule has 38 heavy (non-hydrogen) atoms. The molecule has 1 aliphatic rings. The molecular formula is C28H46N4O6. The molecule has 1 saturated heterocycles. The van der Waals surface area contributed by atoms with E-state index < -0.39 is 11.2 Å². The van der Waals surface area contributed by atoms with Gasteiger partial charge in [0.25, 0.3) is 0 Å². The predicted octanol–water partition coefficient (Wildman–Crippen LogP) is 1.78. The summed E-state index contributed by atoms with van der Waals surface area (Å²) < 4.78 is 16.6. The van der Waals surface area contributed by atoms with Crippen LogP contribution in [0.1, 0.15) is 41.5 Å². The Balaban J connectivity index is 2.07. The fourth-order valence-corrected chi connectivity index (χ4v) is 3.92. The third-order valence-corrected chi connectivity index (χ3v) is 5.55. The summed E-state index contributed by atoms with van der Waals surface area (Å²) in [5.41, 5.74) is -1.10. The van der Waals surface area contributed by atoms with Crippen molar-refractivity contribution in [1.82, 2.24) is 20.0 Å². The zero-order valence-electron chi connectivity index (χ0n) is 24.0. The highest BCUT2D eigenvalue weighted by Crippen LogP contribution is 2.11. The number of ether oxygens (including phenoxy) is 3. The summed E-state index contributed by atoms with van der Waals surface area (Å²) >= 11 is 0. The van der Waals surface area contributed by atoms with Gasteiger partial charge in [-0.15, -0.1) is 0 Å². The van der Waals surface area contributed by atoms with Gasteiger partial charge in [0.15, 0.2) is 0 Å². The van der Waals surface area contributed by atoms with Crippen molar-refractivity contribution in [2.75, 3.05) is 72.0 Å². The van der Waals surface area contributed by atoms with Crippen LogP contribution in [-0.4, -0.2) is 116 Å². The van der Waals surface area contributed by atoms with Crippen LogP contribution in [0.15, 0.2) is 30.3 Å². The van der Waals surface area contributed by atoms with Crippen LogP contribution in [0.25, 0.3) is 0 Å². The second-order valence-corrected chi connectivity index (χ2v) is 11.5. The number of carbonyl (C=O) groups excluding carboxylic acids is 3. The maximum atomic E-state index is 12.7. The van der Waals surface area contributed by atoms with Gasteiger partial charge in [-0.25, -0.2) is 0 Å². The average Bonchev–Trinajstić information content (AvgIpc) is 2.77. The van der Waals surface area contributed by atoms with Gasteiger partial charge < -0.3 is 19.5 Å². The first-order chi connectivity index (χ1) is 17.8. The van der Waals surface area contributed by atoms with E-state index in [0.29, 0.717) is 58.1 Å². The SMILES string of the molecule is CC(C)(C)OC(=O)CN1CCNCCN(CC(=O)OC(C)(C)C)CCN(CC(=O)Oc2ccccc2)CC1. The van der Waals surface area contributed by atoms with Crippen molar-refractivity contribution in [1.29, 1.82) is 0 Å². The Morgan fingerprint density at radius 2 is 1.05 bits per heavy atom. The van der Waals surface area contributed by atoms with Crippen LogP contribution < -0.4 is 10.1 Å². The lowest BCUT2D eigenvalue weighted by molar-refractivity contribution is -0.157. The summed E-state index contributed by atoms with van der Waals surface area (Å²) in [6, 6.07) is 8.98. The quantitative estimate of drug-likeness (QED) is 0.412. The number of hydrogen-bond donors (Lipinski definition) is 1. The van der Waals surface area contributed by atoms with E-state index in [-0.39, 0.29) is 37.5 Å². The molecule has 0 aliphatic carbocycles. The van der Waals surface area contributed by atoms with E-state index in [2.05, 4.69) is 5.32 Å². The van der Waals surface area contributed by atoms with E-state index in [1.54, 1.807) is 12.1 Å². The predicted molar refractivity (Wildman–Crippen MR) is 146 cm³/mol. The Kier molecular flexibility index (Phi) is 12.6. The van der Waals surface area contributed by atoms with Crippen LogP contribution in [-0.2, 0) is 23.9 Å². The fourth-order valence-electron chi connectivity index (χ4n) is 3.92. The molecule has 0 aromatic heterocycles. The second-order valence-electron chi connectivity index (χ2n) is 11.5. The molecule has 1 heterocycles.